The fourth-order valence-electron chi connectivity index (χ4n) is 10.2. The number of hydrogen-bond donors (Lipinski definition) is 15. The number of fused-ring (bicyclic) bond motifs is 3. The first-order valence-corrected chi connectivity index (χ1v) is 22.4. The number of carbonyl (C=O) groups is 2. The van der Waals surface area contributed by atoms with Gasteiger partial charge in [-0.2, -0.15) is 0 Å². The number of allylic oxidation sites excluding steroid dienone is 1. The van der Waals surface area contributed by atoms with Gasteiger partial charge in [0.05, 0.1) is 11.8 Å². The fraction of sp³-hybridized carbons (Fsp3) is 0.231. The van der Waals surface area contributed by atoms with E-state index in [1.165, 1.54) is 24.3 Å². The molecule has 0 saturated heterocycles. The van der Waals surface area contributed by atoms with Crippen LogP contribution < -0.4 is 14.2 Å². The molecule has 378 valence electrons. The number of hydrogen-bond acceptors (Lipinski definition) is 21. The second kappa shape index (κ2) is 17.4. The Morgan fingerprint density at radius 1 is 0.521 bits per heavy atom. The molecule has 0 spiro atoms. The van der Waals surface area contributed by atoms with Gasteiger partial charge in [0.2, 0.25) is 5.60 Å². The standard InChI is InChI=1S/C52H44O21/c53-22-14-31(61)38-35(15-22)70-47(20-5-8-25(55)29(59)12-20)44(66)42(38)40-33(63)18-34(64)41-43(45(67)48(73-50(40)41)21-6-9-26(56)30(60)13-21)39-32(62)17-27(57)23-16-36(71-51(68)52(69)10-2-1-3-37(52)65)46(72-49(23)39)19-4-7-24(54)28(58)11-19/h2,4-15,17-18,36,42-48,53-64,66-67,69H,1,3,16H2/t36-,42+,43+,44+,45-,46+,47+,48+,52-/m0/s1. The van der Waals surface area contributed by atoms with Crippen molar-refractivity contribution in [2.24, 2.45) is 0 Å². The molecule has 21 nitrogen and oxygen atoms in total. The summed E-state index contributed by atoms with van der Waals surface area (Å²) in [5.41, 5.74) is -4.56. The number of rotatable bonds is 7. The third-order valence-corrected chi connectivity index (χ3v) is 13.7. The van der Waals surface area contributed by atoms with Crippen molar-refractivity contribution < 1.29 is 105 Å². The Kier molecular flexibility index (Phi) is 11.4. The Labute approximate surface area is 411 Å². The van der Waals surface area contributed by atoms with E-state index >= 15 is 0 Å². The van der Waals surface area contributed by atoms with Crippen molar-refractivity contribution in [2.45, 2.75) is 73.3 Å². The quantitative estimate of drug-likeness (QED) is 0.0448. The van der Waals surface area contributed by atoms with Gasteiger partial charge in [-0.25, -0.2) is 4.79 Å². The number of ether oxygens (including phenoxy) is 4. The molecule has 4 aliphatic rings. The summed E-state index contributed by atoms with van der Waals surface area (Å²) in [4.78, 5) is 26.7. The molecule has 0 saturated carbocycles. The van der Waals surface area contributed by atoms with E-state index in [4.69, 9.17) is 18.9 Å². The summed E-state index contributed by atoms with van der Waals surface area (Å²) < 4.78 is 25.0. The SMILES string of the molecule is O=C1CCC=C[C@@]1(O)C(=O)O[C@H]1Cc2c(O)cc(O)c([C@@H]3c4c(O)cc(O)c([C@H]5c6c(O)cc(O)cc6O[C@H](c6ccc(O)c(O)c6)[C@@H]5O)c4O[C@H](c4ccc(O)c(O)c4)[C@H]3O)c2O[C@@H]1c1ccc(O)c(O)c1. The molecule has 0 radical (unpaired) electrons. The lowest BCUT2D eigenvalue weighted by atomic mass is 9.73. The number of Topliss-reactive ketones (excluding diaryl/α,β-unsaturated/α-hetero) is 1. The van der Waals surface area contributed by atoms with E-state index in [2.05, 4.69) is 0 Å². The molecule has 9 atom stereocenters. The molecule has 1 aliphatic carbocycles. The van der Waals surface area contributed by atoms with E-state index in [0.29, 0.717) is 0 Å². The molecule has 0 unspecified atom stereocenters. The first-order valence-electron chi connectivity index (χ1n) is 22.4. The molecule has 6 aromatic rings. The summed E-state index contributed by atoms with van der Waals surface area (Å²) in [6.07, 6.45) is -8.49. The lowest BCUT2D eigenvalue weighted by Gasteiger charge is -2.43. The number of phenols is 12. The number of aromatic hydroxyl groups is 12. The van der Waals surface area contributed by atoms with Gasteiger partial charge in [0, 0.05) is 70.5 Å². The highest BCUT2D eigenvalue weighted by Crippen LogP contribution is 2.62. The summed E-state index contributed by atoms with van der Waals surface area (Å²) >= 11 is 0. The summed E-state index contributed by atoms with van der Waals surface area (Å²) in [5.74, 6) is -15.1. The predicted molar refractivity (Wildman–Crippen MR) is 246 cm³/mol. The summed E-state index contributed by atoms with van der Waals surface area (Å²) in [6, 6.07) is 13.8. The van der Waals surface area contributed by atoms with Crippen molar-refractivity contribution in [3.8, 4) is 86.2 Å². The lowest BCUT2D eigenvalue weighted by Crippen LogP contribution is -2.50. The number of phenolic OH excluding ortho intramolecular Hbond substituents is 12. The maximum atomic E-state index is 13.8. The topological polar surface area (TPSA) is 375 Å². The molecule has 6 aromatic carbocycles. The average molecular weight is 1000 g/mol. The summed E-state index contributed by atoms with van der Waals surface area (Å²) in [7, 11) is 0. The first kappa shape index (κ1) is 47.7. The molecular weight excluding hydrogens is 961 g/mol. The smallest absolute Gasteiger partial charge is 0.350 e. The zero-order valence-electron chi connectivity index (χ0n) is 37.6. The highest BCUT2D eigenvalue weighted by Gasteiger charge is 2.52. The van der Waals surface area contributed by atoms with Crippen LogP contribution in [-0.2, 0) is 20.7 Å². The molecule has 0 bridgehead atoms. The Balaban J connectivity index is 1.21. The Hall–Kier alpha value is -8.92. The van der Waals surface area contributed by atoms with Gasteiger partial charge in [0.15, 0.2) is 58.6 Å². The molecular formula is C52H44O21. The number of aliphatic hydroxyl groups excluding tert-OH is 2. The van der Waals surface area contributed by atoms with E-state index in [9.17, 15) is 86.2 Å². The second-order valence-electron chi connectivity index (χ2n) is 18.2. The van der Waals surface area contributed by atoms with Gasteiger partial charge in [-0.15, -0.1) is 0 Å². The van der Waals surface area contributed by atoms with Crippen LogP contribution in [0.4, 0.5) is 0 Å². The van der Waals surface area contributed by atoms with E-state index in [-0.39, 0.29) is 46.4 Å². The van der Waals surface area contributed by atoms with Crippen LogP contribution in [0.2, 0.25) is 0 Å². The average Bonchev–Trinajstić information content (AvgIpc) is 3.33. The number of carbonyl (C=O) groups excluding carboxylic acids is 2. The minimum Gasteiger partial charge on any atom is -0.508 e. The second-order valence-corrected chi connectivity index (χ2v) is 18.2. The number of aliphatic hydroxyl groups is 3. The first-order chi connectivity index (χ1) is 34.7. The van der Waals surface area contributed by atoms with Crippen LogP contribution in [-0.4, -0.2) is 112 Å². The molecule has 73 heavy (non-hydrogen) atoms. The van der Waals surface area contributed by atoms with Gasteiger partial charge in [-0.3, -0.25) is 4.79 Å². The van der Waals surface area contributed by atoms with E-state index in [1.807, 2.05) is 0 Å². The van der Waals surface area contributed by atoms with Gasteiger partial charge in [-0.1, -0.05) is 24.3 Å². The maximum absolute atomic E-state index is 13.8. The number of ketones is 1. The van der Waals surface area contributed by atoms with E-state index in [1.54, 1.807) is 0 Å². The molecule has 15 N–H and O–H groups in total. The van der Waals surface area contributed by atoms with Crippen LogP contribution >= 0.6 is 0 Å². The largest absolute Gasteiger partial charge is 0.508 e. The minimum atomic E-state index is -2.72. The molecule has 3 aliphatic heterocycles. The van der Waals surface area contributed by atoms with Crippen molar-refractivity contribution >= 4 is 11.8 Å². The van der Waals surface area contributed by atoms with Gasteiger partial charge < -0.3 is 95.5 Å². The van der Waals surface area contributed by atoms with Crippen LogP contribution in [0.5, 0.6) is 86.2 Å². The lowest BCUT2D eigenvalue weighted by molar-refractivity contribution is -0.175. The maximum Gasteiger partial charge on any atom is 0.350 e. The summed E-state index contributed by atoms with van der Waals surface area (Å²) in [5, 5.41) is 169. The minimum absolute atomic E-state index is 0.0139. The van der Waals surface area contributed by atoms with Crippen LogP contribution in [0.25, 0.3) is 0 Å². The highest BCUT2D eigenvalue weighted by atomic mass is 16.6. The van der Waals surface area contributed by atoms with Crippen molar-refractivity contribution in [2.75, 3.05) is 0 Å². The molecule has 10 rings (SSSR count). The third kappa shape index (κ3) is 7.77. The Bertz CT molecular complexity index is 3310. The zero-order valence-corrected chi connectivity index (χ0v) is 37.6. The van der Waals surface area contributed by atoms with Gasteiger partial charge in [-0.05, 0) is 60.0 Å². The van der Waals surface area contributed by atoms with Crippen LogP contribution in [0, 0.1) is 0 Å². The molecule has 21 heteroatoms. The molecule has 0 amide bonds. The fourth-order valence-corrected chi connectivity index (χ4v) is 10.2. The molecule has 3 heterocycles. The number of benzene rings is 6. The van der Waals surface area contributed by atoms with Crippen molar-refractivity contribution in [1.82, 2.24) is 0 Å². The van der Waals surface area contributed by atoms with Crippen molar-refractivity contribution in [3.63, 3.8) is 0 Å². The zero-order chi connectivity index (χ0) is 52.1. The van der Waals surface area contributed by atoms with Crippen LogP contribution in [0.1, 0.15) is 87.5 Å². The van der Waals surface area contributed by atoms with Crippen molar-refractivity contribution in [3.05, 3.63) is 136 Å². The normalized spacial score (nSPS) is 25.0. The van der Waals surface area contributed by atoms with Gasteiger partial charge in [0.25, 0.3) is 0 Å². The van der Waals surface area contributed by atoms with Crippen molar-refractivity contribution in [1.29, 1.82) is 0 Å². The monoisotopic (exact) mass is 1000 g/mol. The molecule has 0 fully saturated rings. The van der Waals surface area contributed by atoms with Gasteiger partial charge >= 0.3 is 5.97 Å². The number of esters is 1. The summed E-state index contributed by atoms with van der Waals surface area (Å²) in [6.45, 7) is 0. The van der Waals surface area contributed by atoms with Crippen LogP contribution in [0.3, 0.4) is 0 Å². The third-order valence-electron chi connectivity index (χ3n) is 13.7. The van der Waals surface area contributed by atoms with E-state index < -0.39 is 169 Å². The van der Waals surface area contributed by atoms with Gasteiger partial charge in [0.1, 0.15) is 70.1 Å². The Morgan fingerprint density at radius 2 is 0.986 bits per heavy atom. The Morgan fingerprint density at radius 3 is 1.52 bits per heavy atom. The van der Waals surface area contributed by atoms with Crippen LogP contribution in [0.15, 0.2) is 91.0 Å². The van der Waals surface area contributed by atoms with E-state index in [0.717, 1.165) is 66.7 Å². The molecule has 0 aromatic heterocycles. The predicted octanol–water partition coefficient (Wildman–Crippen LogP) is 4.65. The highest BCUT2D eigenvalue weighted by molar-refractivity contribution is 6.09.